The lowest BCUT2D eigenvalue weighted by atomic mass is 10.1. The Hall–Kier alpha value is -2.49. The molecule has 21 heavy (non-hydrogen) atoms. The standard InChI is InChI=1S/C17H19NO3/c1-12-6-4-9-16(13(12)2)21-11-17(19)18-14-7-5-8-15(10-14)20-3/h4-10H,11H2,1-3H3,(H,18,19). The molecule has 0 atom stereocenters. The number of carbonyl (C=O) groups excluding carboxylic acids is 1. The van der Waals surface area contributed by atoms with Gasteiger partial charge in [-0.2, -0.15) is 0 Å². The van der Waals surface area contributed by atoms with Gasteiger partial charge < -0.3 is 14.8 Å². The van der Waals surface area contributed by atoms with Gasteiger partial charge in [-0.3, -0.25) is 4.79 Å². The van der Waals surface area contributed by atoms with E-state index in [0.717, 1.165) is 16.9 Å². The topological polar surface area (TPSA) is 47.6 Å². The Labute approximate surface area is 124 Å². The molecule has 110 valence electrons. The highest BCUT2D eigenvalue weighted by molar-refractivity contribution is 5.92. The molecule has 0 aliphatic carbocycles. The molecule has 0 unspecified atom stereocenters. The quantitative estimate of drug-likeness (QED) is 0.916. The Kier molecular flexibility index (Phi) is 4.82. The summed E-state index contributed by atoms with van der Waals surface area (Å²) < 4.78 is 10.7. The number of anilines is 1. The summed E-state index contributed by atoms with van der Waals surface area (Å²) in [5, 5.41) is 2.78. The molecule has 0 saturated carbocycles. The van der Waals surface area contributed by atoms with Crippen molar-refractivity contribution in [1.82, 2.24) is 0 Å². The van der Waals surface area contributed by atoms with Crippen molar-refractivity contribution in [2.24, 2.45) is 0 Å². The van der Waals surface area contributed by atoms with E-state index < -0.39 is 0 Å². The fourth-order valence-electron chi connectivity index (χ4n) is 1.92. The first kappa shape index (κ1) is 14.9. The summed E-state index contributed by atoms with van der Waals surface area (Å²) in [6, 6.07) is 13.0. The average Bonchev–Trinajstić information content (AvgIpc) is 2.49. The second kappa shape index (κ2) is 6.79. The lowest BCUT2D eigenvalue weighted by Crippen LogP contribution is -2.20. The van der Waals surface area contributed by atoms with Gasteiger partial charge in [-0.05, 0) is 43.2 Å². The molecule has 2 aromatic rings. The molecule has 2 aromatic carbocycles. The molecule has 4 nitrogen and oxygen atoms in total. The maximum absolute atomic E-state index is 11.9. The van der Waals surface area contributed by atoms with Gasteiger partial charge in [0.15, 0.2) is 6.61 Å². The van der Waals surface area contributed by atoms with Crippen LogP contribution in [0, 0.1) is 13.8 Å². The van der Waals surface area contributed by atoms with Crippen LogP contribution in [0.15, 0.2) is 42.5 Å². The first-order valence-corrected chi connectivity index (χ1v) is 6.73. The molecule has 0 bridgehead atoms. The summed E-state index contributed by atoms with van der Waals surface area (Å²) in [7, 11) is 1.59. The molecule has 1 N–H and O–H groups in total. The first-order valence-electron chi connectivity index (χ1n) is 6.73. The average molecular weight is 285 g/mol. The van der Waals surface area contributed by atoms with Crippen molar-refractivity contribution in [3.05, 3.63) is 53.6 Å². The molecule has 0 radical (unpaired) electrons. The minimum Gasteiger partial charge on any atom is -0.497 e. The maximum Gasteiger partial charge on any atom is 0.262 e. The summed E-state index contributed by atoms with van der Waals surface area (Å²) in [5.41, 5.74) is 2.87. The Morgan fingerprint density at radius 2 is 1.90 bits per heavy atom. The third-order valence-electron chi connectivity index (χ3n) is 3.27. The summed E-state index contributed by atoms with van der Waals surface area (Å²) >= 11 is 0. The lowest BCUT2D eigenvalue weighted by Gasteiger charge is -2.11. The highest BCUT2D eigenvalue weighted by atomic mass is 16.5. The second-order valence-corrected chi connectivity index (χ2v) is 4.77. The van der Waals surface area contributed by atoms with Gasteiger partial charge in [0.2, 0.25) is 0 Å². The summed E-state index contributed by atoms with van der Waals surface area (Å²) in [6.45, 7) is 3.96. The Balaban J connectivity index is 1.94. The molecule has 0 aliphatic rings. The molecular weight excluding hydrogens is 266 g/mol. The Morgan fingerprint density at radius 1 is 1.14 bits per heavy atom. The number of amides is 1. The van der Waals surface area contributed by atoms with E-state index in [9.17, 15) is 4.79 Å². The van der Waals surface area contributed by atoms with E-state index in [1.165, 1.54) is 0 Å². The van der Waals surface area contributed by atoms with Crippen LogP contribution in [0.1, 0.15) is 11.1 Å². The zero-order valence-electron chi connectivity index (χ0n) is 12.5. The van der Waals surface area contributed by atoms with E-state index >= 15 is 0 Å². The van der Waals surface area contributed by atoms with Crippen LogP contribution in [0.2, 0.25) is 0 Å². The number of benzene rings is 2. The van der Waals surface area contributed by atoms with E-state index in [2.05, 4.69) is 5.32 Å². The SMILES string of the molecule is COc1cccc(NC(=O)COc2cccc(C)c2C)c1. The van der Waals surface area contributed by atoms with Crippen molar-refractivity contribution < 1.29 is 14.3 Å². The van der Waals surface area contributed by atoms with Gasteiger partial charge in [-0.1, -0.05) is 18.2 Å². The van der Waals surface area contributed by atoms with Crippen LogP contribution in [-0.4, -0.2) is 19.6 Å². The van der Waals surface area contributed by atoms with Crippen LogP contribution in [0.4, 0.5) is 5.69 Å². The number of nitrogens with one attached hydrogen (secondary N) is 1. The van der Waals surface area contributed by atoms with Crippen LogP contribution in [0.3, 0.4) is 0 Å². The molecule has 0 spiro atoms. The van der Waals surface area contributed by atoms with Crippen LogP contribution >= 0.6 is 0 Å². The van der Waals surface area contributed by atoms with Crippen LogP contribution in [0.25, 0.3) is 0 Å². The van der Waals surface area contributed by atoms with Crippen molar-refractivity contribution >= 4 is 11.6 Å². The van der Waals surface area contributed by atoms with Crippen LogP contribution in [-0.2, 0) is 4.79 Å². The van der Waals surface area contributed by atoms with E-state index in [4.69, 9.17) is 9.47 Å². The third-order valence-corrected chi connectivity index (χ3v) is 3.27. The van der Waals surface area contributed by atoms with Gasteiger partial charge >= 0.3 is 0 Å². The van der Waals surface area contributed by atoms with Gasteiger partial charge in [-0.25, -0.2) is 0 Å². The molecule has 2 rings (SSSR count). The molecular formula is C17H19NO3. The smallest absolute Gasteiger partial charge is 0.262 e. The van der Waals surface area contributed by atoms with E-state index in [0.29, 0.717) is 11.4 Å². The number of rotatable bonds is 5. The zero-order chi connectivity index (χ0) is 15.2. The van der Waals surface area contributed by atoms with E-state index in [-0.39, 0.29) is 12.5 Å². The van der Waals surface area contributed by atoms with E-state index in [1.807, 2.05) is 44.2 Å². The van der Waals surface area contributed by atoms with E-state index in [1.54, 1.807) is 19.2 Å². The first-order chi connectivity index (χ1) is 10.1. The number of ether oxygens (including phenoxy) is 2. The predicted octanol–water partition coefficient (Wildman–Crippen LogP) is 3.33. The lowest BCUT2D eigenvalue weighted by molar-refractivity contribution is -0.118. The normalized spacial score (nSPS) is 10.0. The van der Waals surface area contributed by atoms with Crippen molar-refractivity contribution in [2.45, 2.75) is 13.8 Å². The molecule has 0 heterocycles. The zero-order valence-corrected chi connectivity index (χ0v) is 12.5. The Morgan fingerprint density at radius 3 is 2.67 bits per heavy atom. The molecule has 4 heteroatoms. The summed E-state index contributed by atoms with van der Waals surface area (Å²) in [4.78, 5) is 11.9. The number of carbonyl (C=O) groups is 1. The molecule has 0 saturated heterocycles. The fourth-order valence-corrected chi connectivity index (χ4v) is 1.92. The van der Waals surface area contributed by atoms with Crippen molar-refractivity contribution in [3.8, 4) is 11.5 Å². The minimum absolute atomic E-state index is 0.0263. The highest BCUT2D eigenvalue weighted by Crippen LogP contribution is 2.21. The van der Waals surface area contributed by atoms with Gasteiger partial charge in [0, 0.05) is 11.8 Å². The van der Waals surface area contributed by atoms with Crippen LogP contribution < -0.4 is 14.8 Å². The molecule has 0 fully saturated rings. The number of hydrogen-bond acceptors (Lipinski definition) is 3. The van der Waals surface area contributed by atoms with Crippen LogP contribution in [0.5, 0.6) is 11.5 Å². The highest BCUT2D eigenvalue weighted by Gasteiger charge is 2.07. The summed E-state index contributed by atoms with van der Waals surface area (Å²) in [6.07, 6.45) is 0. The number of aryl methyl sites for hydroxylation is 1. The fraction of sp³-hybridized carbons (Fsp3) is 0.235. The Bertz CT molecular complexity index is 638. The maximum atomic E-state index is 11.9. The van der Waals surface area contributed by atoms with Crippen molar-refractivity contribution in [2.75, 3.05) is 19.0 Å². The molecule has 1 amide bonds. The largest absolute Gasteiger partial charge is 0.497 e. The molecule has 0 aliphatic heterocycles. The van der Waals surface area contributed by atoms with Gasteiger partial charge in [0.05, 0.1) is 7.11 Å². The molecule has 0 aromatic heterocycles. The minimum atomic E-state index is -0.204. The predicted molar refractivity (Wildman–Crippen MR) is 83.0 cm³/mol. The van der Waals surface area contributed by atoms with Gasteiger partial charge in [0.1, 0.15) is 11.5 Å². The summed E-state index contributed by atoms with van der Waals surface area (Å²) in [5.74, 6) is 1.23. The number of methoxy groups -OCH3 is 1. The monoisotopic (exact) mass is 285 g/mol. The number of hydrogen-bond donors (Lipinski definition) is 1. The van der Waals surface area contributed by atoms with Crippen molar-refractivity contribution in [3.63, 3.8) is 0 Å². The van der Waals surface area contributed by atoms with Gasteiger partial charge in [0.25, 0.3) is 5.91 Å². The third kappa shape index (κ3) is 3.99. The van der Waals surface area contributed by atoms with Gasteiger partial charge in [-0.15, -0.1) is 0 Å². The second-order valence-electron chi connectivity index (χ2n) is 4.77. The van der Waals surface area contributed by atoms with Crippen molar-refractivity contribution in [1.29, 1.82) is 0 Å².